The van der Waals surface area contributed by atoms with Crippen molar-refractivity contribution in [2.24, 2.45) is 0 Å². The molecule has 7 unspecified atom stereocenters. The third kappa shape index (κ3) is 31.8. The standard InChI is InChI=1S/3C12H24O8/c13-1-9(14)6-20-12-7-18-4-10(15)2-17-3-11(16)5-19-8-12;13-1-9(16)4-18-10(2-14)5-17-6-12-8-19-11(3-15)7-20-12;13-9-1-17-3-10(14)4-19-7-12(16)8-20-6-11(15)5-18-2-9/h3*9-16H,1-8H2. The largest absolute Gasteiger partial charge is 0.394 e. The first-order valence-corrected chi connectivity index (χ1v) is 19.8. The van der Waals surface area contributed by atoms with E-state index in [0.717, 1.165) is 0 Å². The van der Waals surface area contributed by atoms with Crippen LogP contribution in [-0.2, 0) is 56.8 Å². The maximum Gasteiger partial charge on any atom is 0.104 e. The van der Waals surface area contributed by atoms with Gasteiger partial charge in [-0.25, -0.2) is 0 Å². The van der Waals surface area contributed by atoms with Crippen LogP contribution in [-0.4, -0.2) is 293 Å². The van der Waals surface area contributed by atoms with Gasteiger partial charge in [-0.05, 0) is 0 Å². The van der Waals surface area contributed by atoms with E-state index < -0.39 is 67.6 Å². The van der Waals surface area contributed by atoms with Gasteiger partial charge in [0.25, 0.3) is 0 Å². The lowest BCUT2D eigenvalue weighted by atomic mass is 10.3. The molecule has 3 aliphatic rings. The Bertz CT molecular complexity index is 859. The summed E-state index contributed by atoms with van der Waals surface area (Å²) in [4.78, 5) is 0. The second-order valence-corrected chi connectivity index (χ2v) is 14.1. The van der Waals surface area contributed by atoms with Crippen LogP contribution in [0.15, 0.2) is 0 Å². The molecule has 0 aliphatic carbocycles. The third-order valence-corrected chi connectivity index (χ3v) is 7.85. The molecule has 0 amide bonds. The summed E-state index contributed by atoms with van der Waals surface area (Å²) in [6.07, 6.45) is -8.27. The van der Waals surface area contributed by atoms with Crippen molar-refractivity contribution in [3.63, 3.8) is 0 Å². The molecule has 0 radical (unpaired) electrons. The Hall–Kier alpha value is -0.960. The summed E-state index contributed by atoms with van der Waals surface area (Å²) in [5, 5.41) is 111. The van der Waals surface area contributed by atoms with Gasteiger partial charge in [0.2, 0.25) is 0 Å². The van der Waals surface area contributed by atoms with Crippen LogP contribution in [0, 0.1) is 0 Å². The topological polar surface area (TPSA) is 354 Å². The molecule has 0 aromatic rings. The van der Waals surface area contributed by atoms with E-state index in [0.29, 0.717) is 19.8 Å². The molecule has 0 bridgehead atoms. The predicted octanol–water partition coefficient (Wildman–Crippen LogP) is -7.47. The van der Waals surface area contributed by atoms with Crippen molar-refractivity contribution in [3.05, 3.63) is 0 Å². The van der Waals surface area contributed by atoms with Crippen molar-refractivity contribution in [3.8, 4) is 0 Å². The molecule has 60 heavy (non-hydrogen) atoms. The third-order valence-electron chi connectivity index (χ3n) is 7.85. The summed E-state index contributed by atoms with van der Waals surface area (Å²) in [7, 11) is 0. The van der Waals surface area contributed by atoms with E-state index in [-0.39, 0.29) is 144 Å². The zero-order valence-corrected chi connectivity index (χ0v) is 34.2. The maximum absolute atomic E-state index is 9.55. The molecule has 24 nitrogen and oxygen atoms in total. The van der Waals surface area contributed by atoms with Crippen LogP contribution in [0.25, 0.3) is 0 Å². The summed E-state index contributed by atoms with van der Waals surface area (Å²) in [5.41, 5.74) is 0. The van der Waals surface area contributed by atoms with Gasteiger partial charge in [0.15, 0.2) is 0 Å². The minimum Gasteiger partial charge on any atom is -0.394 e. The first-order valence-electron chi connectivity index (χ1n) is 19.8. The van der Waals surface area contributed by atoms with E-state index in [1.54, 1.807) is 0 Å². The monoisotopic (exact) mass is 888 g/mol. The normalized spacial score (nSPS) is 31.7. The van der Waals surface area contributed by atoms with Gasteiger partial charge < -0.3 is 118 Å². The number of rotatable bonds is 14. The second kappa shape index (κ2) is 37.4. The highest BCUT2D eigenvalue weighted by molar-refractivity contribution is 4.68. The lowest BCUT2D eigenvalue weighted by Crippen LogP contribution is -2.40. The summed E-state index contributed by atoms with van der Waals surface area (Å²) in [6.45, 7) is 0.744. The van der Waals surface area contributed by atoms with Crippen LogP contribution >= 0.6 is 0 Å². The minimum absolute atomic E-state index is 0.0201. The number of hydrogen-bond acceptors (Lipinski definition) is 24. The maximum atomic E-state index is 9.55. The lowest BCUT2D eigenvalue weighted by molar-refractivity contribution is -0.166. The van der Waals surface area contributed by atoms with Gasteiger partial charge in [0, 0.05) is 0 Å². The molecule has 12 N–H and O–H groups in total. The van der Waals surface area contributed by atoms with E-state index in [4.69, 9.17) is 82.4 Å². The van der Waals surface area contributed by atoms with E-state index >= 15 is 0 Å². The smallest absolute Gasteiger partial charge is 0.104 e. The van der Waals surface area contributed by atoms with Crippen LogP contribution in [0.3, 0.4) is 0 Å². The average Bonchev–Trinajstić information content (AvgIpc) is 3.23. The van der Waals surface area contributed by atoms with Gasteiger partial charge in [-0.15, -0.1) is 0 Å². The van der Waals surface area contributed by atoms with Crippen molar-refractivity contribution >= 4 is 0 Å². The van der Waals surface area contributed by atoms with Crippen LogP contribution in [0.4, 0.5) is 0 Å². The van der Waals surface area contributed by atoms with Crippen LogP contribution in [0.5, 0.6) is 0 Å². The highest BCUT2D eigenvalue weighted by atomic mass is 16.6. The fourth-order valence-electron chi connectivity index (χ4n) is 4.67. The van der Waals surface area contributed by atoms with E-state index in [1.807, 2.05) is 0 Å². The van der Waals surface area contributed by atoms with Crippen molar-refractivity contribution in [2.45, 2.75) is 73.2 Å². The van der Waals surface area contributed by atoms with E-state index in [2.05, 4.69) is 0 Å². The first kappa shape index (κ1) is 57.1. The first-order chi connectivity index (χ1) is 28.9. The molecular formula is C36H72O24. The molecule has 0 spiro atoms. The lowest BCUT2D eigenvalue weighted by Gasteiger charge is -2.28. The van der Waals surface area contributed by atoms with Gasteiger partial charge >= 0.3 is 0 Å². The molecule has 0 aromatic carbocycles. The van der Waals surface area contributed by atoms with Crippen molar-refractivity contribution in [1.82, 2.24) is 0 Å². The van der Waals surface area contributed by atoms with Crippen LogP contribution in [0.1, 0.15) is 0 Å². The predicted molar refractivity (Wildman–Crippen MR) is 202 cm³/mol. The van der Waals surface area contributed by atoms with Crippen LogP contribution in [0.2, 0.25) is 0 Å². The Kier molecular flexibility index (Phi) is 35.6. The fourth-order valence-corrected chi connectivity index (χ4v) is 4.67. The highest BCUT2D eigenvalue weighted by Crippen LogP contribution is 2.08. The molecular weight excluding hydrogens is 816 g/mol. The van der Waals surface area contributed by atoms with E-state index in [1.165, 1.54) is 0 Å². The molecule has 3 heterocycles. The number of aliphatic hydroxyl groups excluding tert-OH is 12. The Morgan fingerprint density at radius 2 is 0.767 bits per heavy atom. The van der Waals surface area contributed by atoms with Crippen molar-refractivity contribution < 1.29 is 118 Å². The zero-order chi connectivity index (χ0) is 44.4. The van der Waals surface area contributed by atoms with Gasteiger partial charge in [-0.2, -0.15) is 0 Å². The Balaban J connectivity index is 0.000000450. The molecule has 3 rings (SSSR count). The number of ether oxygens (including phenoxy) is 12. The van der Waals surface area contributed by atoms with Crippen LogP contribution < -0.4 is 0 Å². The Morgan fingerprint density at radius 1 is 0.417 bits per heavy atom. The van der Waals surface area contributed by atoms with Crippen molar-refractivity contribution in [2.75, 3.05) is 159 Å². The van der Waals surface area contributed by atoms with Crippen molar-refractivity contribution in [1.29, 1.82) is 0 Å². The molecule has 360 valence electrons. The molecule has 3 saturated heterocycles. The van der Waals surface area contributed by atoms with E-state index in [9.17, 15) is 35.7 Å². The van der Waals surface area contributed by atoms with Gasteiger partial charge in [-0.1, -0.05) is 0 Å². The average molecular weight is 889 g/mol. The molecule has 7 atom stereocenters. The molecule has 24 heteroatoms. The quantitative estimate of drug-likeness (QED) is 0.0771. The fraction of sp³-hybridized carbons (Fsp3) is 1.00. The summed E-state index contributed by atoms with van der Waals surface area (Å²) >= 11 is 0. The van der Waals surface area contributed by atoms with Gasteiger partial charge in [0.1, 0.15) is 73.2 Å². The zero-order valence-electron chi connectivity index (χ0n) is 34.2. The molecule has 0 aromatic heterocycles. The molecule has 3 aliphatic heterocycles. The molecule has 3 fully saturated rings. The number of aliphatic hydroxyl groups is 12. The summed E-state index contributed by atoms with van der Waals surface area (Å²) < 4.78 is 62.7. The van der Waals surface area contributed by atoms with Gasteiger partial charge in [-0.3, -0.25) is 0 Å². The minimum atomic E-state index is -0.963. The number of hydrogen-bond donors (Lipinski definition) is 12. The SMILES string of the molecule is OC1COCC(O)COCC(O)COCC(O)COC1.OCC(O)COC(CO)COCC1COC(CO)CO1.OCC(O)COC1COCC(O)COCC(O)COC1. The highest BCUT2D eigenvalue weighted by Gasteiger charge is 2.23. The summed E-state index contributed by atoms with van der Waals surface area (Å²) in [6, 6.07) is 0. The Labute approximate surface area is 349 Å². The Morgan fingerprint density at radius 3 is 1.10 bits per heavy atom. The summed E-state index contributed by atoms with van der Waals surface area (Å²) in [5.74, 6) is 0. The van der Waals surface area contributed by atoms with Gasteiger partial charge in [0.05, 0.1) is 159 Å². The molecule has 0 saturated carbocycles. The second-order valence-electron chi connectivity index (χ2n) is 14.1.